The highest BCUT2D eigenvalue weighted by Crippen LogP contribution is 2.50. The highest BCUT2D eigenvalue weighted by Gasteiger charge is 2.58. The Hall–Kier alpha value is -2.41. The van der Waals surface area contributed by atoms with Gasteiger partial charge in [0, 0.05) is 42.8 Å². The second-order valence-electron chi connectivity index (χ2n) is 8.68. The number of aliphatic hydroxyl groups excluding tert-OH is 1. The molecule has 2 aliphatic heterocycles. The molecule has 1 aromatic rings. The average Bonchev–Trinajstić information content (AvgIpc) is 2.94. The Morgan fingerprint density at radius 1 is 1.30 bits per heavy atom. The van der Waals surface area contributed by atoms with Crippen LogP contribution in [0.15, 0.2) is 23.0 Å². The van der Waals surface area contributed by atoms with E-state index >= 15 is 0 Å². The summed E-state index contributed by atoms with van der Waals surface area (Å²) in [7, 11) is 0. The van der Waals surface area contributed by atoms with Gasteiger partial charge in [-0.2, -0.15) is 0 Å². The van der Waals surface area contributed by atoms with Crippen molar-refractivity contribution < 1.29 is 14.7 Å². The van der Waals surface area contributed by atoms with Crippen LogP contribution in [0.5, 0.6) is 0 Å². The number of aliphatic hydroxyl groups is 1. The molecule has 2 amide bonds. The summed E-state index contributed by atoms with van der Waals surface area (Å²) in [4.78, 5) is 41.4. The number of nitrogens with zero attached hydrogens (tertiary/aromatic N) is 2. The summed E-state index contributed by atoms with van der Waals surface area (Å²) in [5, 5.41) is 13.2. The van der Waals surface area contributed by atoms with Crippen LogP contribution in [0.3, 0.4) is 0 Å². The minimum Gasteiger partial charge on any atom is -0.396 e. The lowest BCUT2D eigenvalue weighted by atomic mass is 9.83. The van der Waals surface area contributed by atoms with Crippen molar-refractivity contribution in [2.24, 2.45) is 17.8 Å². The molecule has 1 aromatic heterocycles. The van der Waals surface area contributed by atoms with Crippen LogP contribution in [0.4, 0.5) is 0 Å². The van der Waals surface area contributed by atoms with E-state index < -0.39 is 12.0 Å². The monoisotopic (exact) mass is 413 g/mol. The molecule has 2 bridgehead atoms. The van der Waals surface area contributed by atoms with Gasteiger partial charge in [0.2, 0.25) is 11.8 Å². The maximum atomic E-state index is 13.4. The molecule has 1 aliphatic carbocycles. The van der Waals surface area contributed by atoms with Gasteiger partial charge in [0.25, 0.3) is 5.56 Å². The highest BCUT2D eigenvalue weighted by molar-refractivity contribution is 5.85. The van der Waals surface area contributed by atoms with Gasteiger partial charge in [-0.05, 0) is 38.3 Å². The first-order chi connectivity index (χ1) is 14.5. The molecule has 0 radical (unpaired) electrons. The molecule has 0 unspecified atom stereocenters. The van der Waals surface area contributed by atoms with Crippen molar-refractivity contribution in [2.45, 2.75) is 58.2 Å². The first kappa shape index (κ1) is 20.8. The molecule has 3 aliphatic rings. The van der Waals surface area contributed by atoms with Gasteiger partial charge in [-0.15, -0.1) is 0 Å². The second kappa shape index (κ2) is 8.38. The molecule has 7 heteroatoms. The first-order valence-corrected chi connectivity index (χ1v) is 11.1. The fraction of sp³-hybridized carbons (Fsp3) is 0.609. The summed E-state index contributed by atoms with van der Waals surface area (Å²) in [5.74, 6) is -1.03. The van der Waals surface area contributed by atoms with E-state index in [0.717, 1.165) is 25.7 Å². The van der Waals surface area contributed by atoms with Gasteiger partial charge >= 0.3 is 0 Å². The normalized spacial score (nSPS) is 27.8. The van der Waals surface area contributed by atoms with Crippen molar-refractivity contribution in [2.75, 3.05) is 13.2 Å². The molecule has 7 nitrogen and oxygen atoms in total. The number of allylic oxidation sites excluding steroid dienone is 1. The Morgan fingerprint density at radius 3 is 2.67 bits per heavy atom. The molecular formula is C23H31N3O4. The quantitative estimate of drug-likeness (QED) is 0.743. The number of amides is 2. The summed E-state index contributed by atoms with van der Waals surface area (Å²) >= 11 is 0. The average molecular weight is 414 g/mol. The molecule has 30 heavy (non-hydrogen) atoms. The minimum atomic E-state index is -0.559. The van der Waals surface area contributed by atoms with Crippen LogP contribution in [-0.2, 0) is 16.1 Å². The summed E-state index contributed by atoms with van der Waals surface area (Å²) in [6.07, 6.45) is 7.20. The van der Waals surface area contributed by atoms with Crippen molar-refractivity contribution in [1.29, 1.82) is 0 Å². The van der Waals surface area contributed by atoms with Crippen LogP contribution in [0.25, 0.3) is 6.08 Å². The van der Waals surface area contributed by atoms with Gasteiger partial charge in [-0.3, -0.25) is 14.4 Å². The lowest BCUT2D eigenvalue weighted by molar-refractivity contribution is -0.143. The Kier molecular flexibility index (Phi) is 5.82. The Labute approximate surface area is 176 Å². The van der Waals surface area contributed by atoms with E-state index in [-0.39, 0.29) is 41.9 Å². The summed E-state index contributed by atoms with van der Waals surface area (Å²) in [5.41, 5.74) is 1.18. The molecule has 2 N–H and O–H groups in total. The molecule has 4 atom stereocenters. The first-order valence-electron chi connectivity index (χ1n) is 11.1. The van der Waals surface area contributed by atoms with Crippen molar-refractivity contribution in [3.8, 4) is 0 Å². The van der Waals surface area contributed by atoms with E-state index in [1.54, 1.807) is 16.7 Å². The molecule has 0 spiro atoms. The number of nitrogens with one attached hydrogen (secondary N) is 1. The van der Waals surface area contributed by atoms with Gasteiger partial charge in [0.15, 0.2) is 0 Å². The Balaban J connectivity index is 1.82. The number of hydrogen-bond donors (Lipinski definition) is 2. The number of carbonyl (C=O) groups excluding carboxylic acids is 2. The van der Waals surface area contributed by atoms with Crippen LogP contribution in [-0.4, -0.2) is 45.6 Å². The molecule has 1 saturated carbocycles. The van der Waals surface area contributed by atoms with Crippen molar-refractivity contribution in [3.05, 3.63) is 39.8 Å². The third-order valence-corrected chi connectivity index (χ3v) is 6.98. The van der Waals surface area contributed by atoms with E-state index in [1.807, 2.05) is 30.9 Å². The number of pyridine rings is 1. The fourth-order valence-corrected chi connectivity index (χ4v) is 5.26. The van der Waals surface area contributed by atoms with Gasteiger partial charge in [-0.25, -0.2) is 0 Å². The van der Waals surface area contributed by atoms with Crippen LogP contribution in [0.2, 0.25) is 0 Å². The van der Waals surface area contributed by atoms with Crippen LogP contribution >= 0.6 is 0 Å². The van der Waals surface area contributed by atoms with Gasteiger partial charge in [-0.1, -0.05) is 25.5 Å². The van der Waals surface area contributed by atoms with E-state index in [2.05, 4.69) is 5.32 Å². The number of aromatic nitrogens is 1. The zero-order chi connectivity index (χ0) is 21.4. The van der Waals surface area contributed by atoms with E-state index in [9.17, 15) is 19.5 Å². The lowest BCUT2D eigenvalue weighted by Gasteiger charge is -2.41. The van der Waals surface area contributed by atoms with Gasteiger partial charge < -0.3 is 19.9 Å². The largest absolute Gasteiger partial charge is 0.396 e. The maximum Gasteiger partial charge on any atom is 0.258 e. The molecule has 0 aromatic carbocycles. The van der Waals surface area contributed by atoms with Crippen molar-refractivity contribution in [1.82, 2.24) is 14.8 Å². The molecule has 4 rings (SSSR count). The topological polar surface area (TPSA) is 91.6 Å². The van der Waals surface area contributed by atoms with Gasteiger partial charge in [0.05, 0.1) is 18.0 Å². The molecule has 1 saturated heterocycles. The van der Waals surface area contributed by atoms with E-state index in [0.29, 0.717) is 24.3 Å². The van der Waals surface area contributed by atoms with Crippen molar-refractivity contribution in [3.63, 3.8) is 0 Å². The maximum absolute atomic E-state index is 13.4. The summed E-state index contributed by atoms with van der Waals surface area (Å²) in [6.45, 7) is 4.53. The number of carbonyl (C=O) groups is 2. The molecular weight excluding hydrogens is 382 g/mol. The zero-order valence-electron chi connectivity index (χ0n) is 17.7. The standard InChI is InChI=1S/C23H31N3O4/c1-3-6-14-9-10-17-20-19(21(28)24-11-4-2)16(13-27)18(12-25(17)22(14)29)26(20)23(30)15-7-5-8-15/h3,6,9-10,15-16,18-20,27H,4-5,7-8,11-13H2,1-2H3,(H,24,28)/b6-3-/t16-,18-,19+,20+/m1/s1. The Bertz CT molecular complexity index is 918. The third kappa shape index (κ3) is 3.20. The van der Waals surface area contributed by atoms with Crippen molar-refractivity contribution >= 4 is 17.9 Å². The SMILES string of the molecule is C/C=C\c1ccc2n(c1=O)C[C@@H]1[C@@H](CO)[C@H](C(=O)NCCC)[C@H]2N1C(=O)C1CCC1. The second-order valence-corrected chi connectivity index (χ2v) is 8.68. The number of rotatable bonds is 6. The highest BCUT2D eigenvalue weighted by atomic mass is 16.3. The summed E-state index contributed by atoms with van der Waals surface area (Å²) < 4.78 is 1.71. The predicted molar refractivity (Wildman–Crippen MR) is 113 cm³/mol. The molecule has 162 valence electrons. The smallest absolute Gasteiger partial charge is 0.258 e. The Morgan fingerprint density at radius 2 is 2.07 bits per heavy atom. The van der Waals surface area contributed by atoms with Crippen LogP contribution in [0, 0.1) is 17.8 Å². The zero-order valence-corrected chi connectivity index (χ0v) is 17.7. The van der Waals surface area contributed by atoms with Crippen LogP contribution < -0.4 is 10.9 Å². The lowest BCUT2D eigenvalue weighted by Crippen LogP contribution is -2.51. The predicted octanol–water partition coefficient (Wildman–Crippen LogP) is 1.70. The molecule has 2 fully saturated rings. The molecule has 3 heterocycles. The fourth-order valence-electron chi connectivity index (χ4n) is 5.26. The van der Waals surface area contributed by atoms with Crippen LogP contribution in [0.1, 0.15) is 56.8 Å². The van der Waals surface area contributed by atoms with E-state index in [1.165, 1.54) is 0 Å². The van der Waals surface area contributed by atoms with E-state index in [4.69, 9.17) is 0 Å². The minimum absolute atomic E-state index is 0.00707. The number of fused-ring (bicyclic) bond motifs is 4. The number of hydrogen-bond acceptors (Lipinski definition) is 4. The third-order valence-electron chi connectivity index (χ3n) is 6.98. The van der Waals surface area contributed by atoms with Gasteiger partial charge in [0.1, 0.15) is 0 Å². The summed E-state index contributed by atoms with van der Waals surface area (Å²) in [6, 6.07) is 2.78.